The standard InChI is InChI=1S/C17H17BrO5/c1-4-22-16(20)17(2)10-12(9-14(23-17)15(19)21-3)11-6-5-7-13(18)8-11/h5-10H,4H2,1-3H3. The van der Waals surface area contributed by atoms with E-state index in [1.165, 1.54) is 7.11 Å². The summed E-state index contributed by atoms with van der Waals surface area (Å²) in [6.07, 6.45) is 3.19. The van der Waals surface area contributed by atoms with Crippen molar-refractivity contribution < 1.29 is 23.8 Å². The highest BCUT2D eigenvalue weighted by Crippen LogP contribution is 2.33. The Hall–Kier alpha value is -2.08. The van der Waals surface area contributed by atoms with Gasteiger partial charge in [-0.1, -0.05) is 28.1 Å². The zero-order chi connectivity index (χ0) is 17.0. The van der Waals surface area contributed by atoms with Crippen LogP contribution in [-0.2, 0) is 23.8 Å². The molecule has 2 rings (SSSR count). The van der Waals surface area contributed by atoms with Gasteiger partial charge in [0.1, 0.15) is 0 Å². The molecule has 0 saturated heterocycles. The fraction of sp³-hybridized carbons (Fsp3) is 0.294. The molecule has 1 unspecified atom stereocenters. The molecular weight excluding hydrogens is 364 g/mol. The van der Waals surface area contributed by atoms with Crippen LogP contribution in [0.1, 0.15) is 19.4 Å². The second-order valence-electron chi connectivity index (χ2n) is 5.04. The molecule has 0 N–H and O–H groups in total. The van der Waals surface area contributed by atoms with Gasteiger partial charge in [-0.05, 0) is 49.3 Å². The number of carbonyl (C=O) groups excluding carboxylic acids is 2. The van der Waals surface area contributed by atoms with Gasteiger partial charge in [-0.25, -0.2) is 9.59 Å². The lowest BCUT2D eigenvalue weighted by atomic mass is 9.94. The molecule has 1 aromatic rings. The summed E-state index contributed by atoms with van der Waals surface area (Å²) in [7, 11) is 1.26. The Bertz CT molecular complexity index is 692. The molecule has 1 aromatic carbocycles. The topological polar surface area (TPSA) is 61.8 Å². The largest absolute Gasteiger partial charge is 0.464 e. The average Bonchev–Trinajstić information content (AvgIpc) is 2.53. The number of rotatable bonds is 4. The number of hydrogen-bond acceptors (Lipinski definition) is 5. The molecule has 0 fully saturated rings. The number of methoxy groups -OCH3 is 1. The summed E-state index contributed by atoms with van der Waals surface area (Å²) in [5.41, 5.74) is 0.111. The first kappa shape index (κ1) is 17.3. The van der Waals surface area contributed by atoms with Gasteiger partial charge in [0.05, 0.1) is 13.7 Å². The third-order valence-corrected chi connectivity index (χ3v) is 3.76. The zero-order valence-corrected chi connectivity index (χ0v) is 14.7. The second-order valence-corrected chi connectivity index (χ2v) is 5.96. The molecule has 1 aliphatic rings. The average molecular weight is 381 g/mol. The Balaban J connectivity index is 2.51. The minimum atomic E-state index is -1.40. The molecule has 0 bridgehead atoms. The Labute approximate surface area is 143 Å². The van der Waals surface area contributed by atoms with Crippen molar-refractivity contribution in [2.75, 3.05) is 13.7 Å². The van der Waals surface area contributed by atoms with Crippen molar-refractivity contribution >= 4 is 33.4 Å². The molecule has 0 saturated carbocycles. The molecule has 1 heterocycles. The van der Waals surface area contributed by atoms with E-state index in [4.69, 9.17) is 14.2 Å². The number of benzene rings is 1. The first-order chi connectivity index (χ1) is 10.9. The van der Waals surface area contributed by atoms with E-state index in [9.17, 15) is 9.59 Å². The maximum atomic E-state index is 12.2. The van der Waals surface area contributed by atoms with Crippen LogP contribution in [0.15, 0.2) is 46.6 Å². The van der Waals surface area contributed by atoms with Crippen molar-refractivity contribution in [1.82, 2.24) is 0 Å². The lowest BCUT2D eigenvalue weighted by Gasteiger charge is -2.30. The number of esters is 2. The fourth-order valence-electron chi connectivity index (χ4n) is 2.18. The molecule has 122 valence electrons. The summed E-state index contributed by atoms with van der Waals surface area (Å²) in [5.74, 6) is -1.26. The fourth-order valence-corrected chi connectivity index (χ4v) is 2.58. The van der Waals surface area contributed by atoms with Crippen LogP contribution < -0.4 is 0 Å². The highest BCUT2D eigenvalue weighted by atomic mass is 79.9. The van der Waals surface area contributed by atoms with Crippen molar-refractivity contribution in [3.8, 4) is 0 Å². The Morgan fingerprint density at radius 2 is 2.09 bits per heavy atom. The predicted octanol–water partition coefficient (Wildman–Crippen LogP) is 3.24. The van der Waals surface area contributed by atoms with Crippen molar-refractivity contribution in [3.63, 3.8) is 0 Å². The normalized spacial score (nSPS) is 20.0. The minimum absolute atomic E-state index is 0.0412. The van der Waals surface area contributed by atoms with E-state index in [1.54, 1.807) is 26.0 Å². The second kappa shape index (κ2) is 7.00. The van der Waals surface area contributed by atoms with Gasteiger partial charge in [0.25, 0.3) is 0 Å². The summed E-state index contributed by atoms with van der Waals surface area (Å²) in [4.78, 5) is 24.1. The number of allylic oxidation sites excluding steroid dienone is 2. The van der Waals surface area contributed by atoms with Crippen LogP contribution in [0, 0.1) is 0 Å². The predicted molar refractivity (Wildman–Crippen MR) is 88.3 cm³/mol. The molecule has 6 heteroatoms. The first-order valence-electron chi connectivity index (χ1n) is 7.04. The molecule has 0 amide bonds. The van der Waals surface area contributed by atoms with Crippen molar-refractivity contribution in [2.24, 2.45) is 0 Å². The van der Waals surface area contributed by atoms with Gasteiger partial charge in [-0.3, -0.25) is 0 Å². The summed E-state index contributed by atoms with van der Waals surface area (Å²) in [6, 6.07) is 7.51. The molecule has 0 radical (unpaired) electrons. The van der Waals surface area contributed by atoms with Crippen molar-refractivity contribution in [3.05, 3.63) is 52.2 Å². The SMILES string of the molecule is CCOC(=O)C1(C)C=C(c2cccc(Br)c2)C=C(C(=O)OC)O1. The molecule has 5 nitrogen and oxygen atoms in total. The summed E-state index contributed by atoms with van der Waals surface area (Å²) >= 11 is 3.41. The highest BCUT2D eigenvalue weighted by molar-refractivity contribution is 9.10. The Morgan fingerprint density at radius 3 is 2.70 bits per heavy atom. The van der Waals surface area contributed by atoms with Crippen LogP contribution in [0.25, 0.3) is 5.57 Å². The molecule has 0 aliphatic carbocycles. The van der Waals surface area contributed by atoms with Crippen molar-refractivity contribution in [1.29, 1.82) is 0 Å². The van der Waals surface area contributed by atoms with Crippen LogP contribution in [0.5, 0.6) is 0 Å². The lowest BCUT2D eigenvalue weighted by Crippen LogP contribution is -2.40. The van der Waals surface area contributed by atoms with Gasteiger partial charge in [-0.2, -0.15) is 0 Å². The maximum absolute atomic E-state index is 12.2. The third kappa shape index (κ3) is 3.82. The highest BCUT2D eigenvalue weighted by Gasteiger charge is 2.40. The third-order valence-electron chi connectivity index (χ3n) is 3.26. The molecule has 1 aliphatic heterocycles. The van der Waals surface area contributed by atoms with Crippen molar-refractivity contribution in [2.45, 2.75) is 19.4 Å². The number of carbonyl (C=O) groups is 2. The van der Waals surface area contributed by atoms with Gasteiger partial charge in [0.2, 0.25) is 11.4 Å². The minimum Gasteiger partial charge on any atom is -0.464 e. The van der Waals surface area contributed by atoms with E-state index < -0.39 is 17.5 Å². The molecular formula is C17H17BrO5. The van der Waals surface area contributed by atoms with E-state index in [-0.39, 0.29) is 12.4 Å². The zero-order valence-electron chi connectivity index (χ0n) is 13.1. The van der Waals surface area contributed by atoms with E-state index in [1.807, 2.05) is 24.3 Å². The molecule has 0 aromatic heterocycles. The van der Waals surface area contributed by atoms with Crippen LogP contribution in [0.4, 0.5) is 0 Å². The number of hydrogen-bond donors (Lipinski definition) is 0. The van der Waals surface area contributed by atoms with Gasteiger partial charge >= 0.3 is 11.9 Å². The quantitative estimate of drug-likeness (QED) is 0.750. The number of halogens is 1. The first-order valence-corrected chi connectivity index (χ1v) is 7.84. The summed E-state index contributed by atoms with van der Waals surface area (Å²) < 4.78 is 16.2. The van der Waals surface area contributed by atoms with Gasteiger partial charge in [0, 0.05) is 4.47 Å². The Kier molecular flexibility index (Phi) is 5.26. The monoisotopic (exact) mass is 380 g/mol. The van der Waals surface area contributed by atoms with E-state index in [0.717, 1.165) is 10.0 Å². The van der Waals surface area contributed by atoms with Crippen LogP contribution in [0.2, 0.25) is 0 Å². The van der Waals surface area contributed by atoms with Crippen LogP contribution >= 0.6 is 15.9 Å². The molecule has 0 spiro atoms. The van der Waals surface area contributed by atoms with Gasteiger partial charge in [0.15, 0.2) is 0 Å². The smallest absolute Gasteiger partial charge is 0.373 e. The lowest BCUT2D eigenvalue weighted by molar-refractivity contribution is -0.163. The number of ether oxygens (including phenoxy) is 3. The maximum Gasteiger partial charge on any atom is 0.373 e. The Morgan fingerprint density at radius 1 is 1.35 bits per heavy atom. The van der Waals surface area contributed by atoms with Crippen LogP contribution in [-0.4, -0.2) is 31.3 Å². The summed E-state index contributed by atoms with van der Waals surface area (Å²) in [5, 5.41) is 0. The van der Waals surface area contributed by atoms with Gasteiger partial charge < -0.3 is 14.2 Å². The van der Waals surface area contributed by atoms with Crippen LogP contribution in [0.3, 0.4) is 0 Å². The molecule has 1 atom stereocenters. The van der Waals surface area contributed by atoms with E-state index in [0.29, 0.717) is 5.57 Å². The van der Waals surface area contributed by atoms with Gasteiger partial charge in [-0.15, -0.1) is 0 Å². The molecule has 23 heavy (non-hydrogen) atoms. The summed E-state index contributed by atoms with van der Waals surface area (Å²) in [6.45, 7) is 3.48. The van der Waals surface area contributed by atoms with E-state index in [2.05, 4.69) is 15.9 Å². The van der Waals surface area contributed by atoms with E-state index >= 15 is 0 Å².